The molecule has 1 aromatic heterocycles. The molecule has 0 N–H and O–H groups in total. The van der Waals surface area contributed by atoms with Crippen molar-refractivity contribution in [3.63, 3.8) is 0 Å². The van der Waals surface area contributed by atoms with Crippen LogP contribution >= 0.6 is 11.6 Å². The van der Waals surface area contributed by atoms with E-state index in [1.54, 1.807) is 30.3 Å². The van der Waals surface area contributed by atoms with Gasteiger partial charge in [-0.2, -0.15) is 13.2 Å². The summed E-state index contributed by atoms with van der Waals surface area (Å²) in [6.45, 7) is 0. The summed E-state index contributed by atoms with van der Waals surface area (Å²) in [7, 11) is 0. The zero-order chi connectivity index (χ0) is 15.0. The average Bonchev–Trinajstić information content (AvgIpc) is 2.46. The van der Waals surface area contributed by atoms with E-state index in [4.69, 9.17) is 11.6 Å². The Morgan fingerprint density at radius 3 is 2.29 bits per heavy atom. The Labute approximate surface area is 124 Å². The number of aromatic nitrogens is 1. The highest BCUT2D eigenvalue weighted by molar-refractivity contribution is 6.35. The van der Waals surface area contributed by atoms with E-state index in [9.17, 15) is 13.2 Å². The maximum Gasteiger partial charge on any atom is 0.418 e. The molecule has 0 fully saturated rings. The van der Waals surface area contributed by atoms with E-state index in [1.165, 1.54) is 12.1 Å². The predicted molar refractivity (Wildman–Crippen MR) is 77.2 cm³/mol. The maximum atomic E-state index is 13.1. The normalized spacial score (nSPS) is 11.8. The average molecular weight is 308 g/mol. The lowest BCUT2D eigenvalue weighted by Gasteiger charge is -2.12. The van der Waals surface area contributed by atoms with Crippen molar-refractivity contribution in [3.8, 4) is 11.3 Å². The lowest BCUT2D eigenvalue weighted by atomic mass is 10.1. The second-order valence-corrected chi connectivity index (χ2v) is 4.96. The first-order chi connectivity index (χ1) is 9.97. The molecular weight excluding hydrogens is 299 g/mol. The Bertz CT molecular complexity index is 798. The maximum absolute atomic E-state index is 13.1. The number of alkyl halides is 3. The molecule has 2 aromatic carbocycles. The molecule has 0 saturated heterocycles. The van der Waals surface area contributed by atoms with Crippen molar-refractivity contribution in [3.05, 3.63) is 65.2 Å². The summed E-state index contributed by atoms with van der Waals surface area (Å²) >= 11 is 6.13. The van der Waals surface area contributed by atoms with Crippen molar-refractivity contribution in [2.45, 2.75) is 6.18 Å². The summed E-state index contributed by atoms with van der Waals surface area (Å²) < 4.78 is 39.3. The Balaban J connectivity index is 2.32. The fourth-order valence-electron chi connectivity index (χ4n) is 2.19. The number of hydrogen-bond acceptors (Lipinski definition) is 1. The van der Waals surface area contributed by atoms with Crippen LogP contribution in [0.25, 0.3) is 22.2 Å². The number of para-hydroxylation sites is 1. The van der Waals surface area contributed by atoms with Gasteiger partial charge in [0, 0.05) is 10.9 Å². The van der Waals surface area contributed by atoms with Gasteiger partial charge in [0.2, 0.25) is 0 Å². The van der Waals surface area contributed by atoms with Crippen LogP contribution in [0.2, 0.25) is 5.02 Å². The minimum atomic E-state index is -4.47. The number of halogens is 4. The van der Waals surface area contributed by atoms with Gasteiger partial charge in [-0.1, -0.05) is 54.1 Å². The highest BCUT2D eigenvalue weighted by Gasteiger charge is 2.33. The van der Waals surface area contributed by atoms with Crippen LogP contribution in [0.5, 0.6) is 0 Å². The molecule has 0 aliphatic heterocycles. The van der Waals surface area contributed by atoms with E-state index in [2.05, 4.69) is 4.98 Å². The van der Waals surface area contributed by atoms with E-state index in [0.717, 1.165) is 11.6 Å². The largest absolute Gasteiger partial charge is 0.418 e. The number of hydrogen-bond donors (Lipinski definition) is 0. The van der Waals surface area contributed by atoms with Crippen molar-refractivity contribution in [2.75, 3.05) is 0 Å². The van der Waals surface area contributed by atoms with E-state index >= 15 is 0 Å². The molecule has 1 nitrogen and oxygen atoms in total. The molecule has 0 radical (unpaired) electrons. The van der Waals surface area contributed by atoms with Gasteiger partial charge >= 0.3 is 6.18 Å². The van der Waals surface area contributed by atoms with Gasteiger partial charge in [-0.25, -0.2) is 4.98 Å². The van der Waals surface area contributed by atoms with Gasteiger partial charge in [-0.05, 0) is 12.1 Å². The second kappa shape index (κ2) is 5.04. The highest BCUT2D eigenvalue weighted by Crippen LogP contribution is 2.37. The van der Waals surface area contributed by atoms with Gasteiger partial charge in [0.05, 0.1) is 21.8 Å². The standard InChI is InChI=1S/C16H9ClF3N/c17-13-9-14(10-5-2-1-3-6-10)21-15-11(13)7-4-8-12(15)16(18,19)20/h1-9H. The first-order valence-electron chi connectivity index (χ1n) is 6.19. The molecule has 0 amide bonds. The third kappa shape index (κ3) is 2.59. The number of pyridine rings is 1. The molecule has 0 saturated carbocycles. The quantitative estimate of drug-likeness (QED) is 0.572. The van der Waals surface area contributed by atoms with Crippen LogP contribution in [0.3, 0.4) is 0 Å². The van der Waals surface area contributed by atoms with Gasteiger partial charge in [-0.15, -0.1) is 0 Å². The smallest absolute Gasteiger partial charge is 0.247 e. The summed E-state index contributed by atoms with van der Waals surface area (Å²) in [6.07, 6.45) is -4.47. The lowest BCUT2D eigenvalue weighted by molar-refractivity contribution is -0.136. The van der Waals surface area contributed by atoms with Crippen molar-refractivity contribution < 1.29 is 13.2 Å². The van der Waals surface area contributed by atoms with Crippen molar-refractivity contribution in [1.29, 1.82) is 0 Å². The first kappa shape index (κ1) is 13.9. The van der Waals surface area contributed by atoms with E-state index in [0.29, 0.717) is 11.1 Å². The highest BCUT2D eigenvalue weighted by atomic mass is 35.5. The summed E-state index contributed by atoms with van der Waals surface area (Å²) in [5.74, 6) is 0. The van der Waals surface area contributed by atoms with Gasteiger partial charge in [0.15, 0.2) is 0 Å². The van der Waals surface area contributed by atoms with Gasteiger partial charge in [0.25, 0.3) is 0 Å². The SMILES string of the molecule is FC(F)(F)c1cccc2c(Cl)cc(-c3ccccc3)nc12. The molecule has 0 atom stereocenters. The Hall–Kier alpha value is -2.07. The van der Waals surface area contributed by atoms with E-state index in [-0.39, 0.29) is 10.5 Å². The van der Waals surface area contributed by atoms with Crippen LogP contribution in [0, 0.1) is 0 Å². The van der Waals surface area contributed by atoms with Crippen LogP contribution in [0.1, 0.15) is 5.56 Å². The second-order valence-electron chi connectivity index (χ2n) is 4.55. The number of benzene rings is 2. The number of fused-ring (bicyclic) bond motifs is 1. The monoisotopic (exact) mass is 307 g/mol. The van der Waals surface area contributed by atoms with Gasteiger partial charge < -0.3 is 0 Å². The third-order valence-electron chi connectivity index (χ3n) is 3.16. The summed E-state index contributed by atoms with van der Waals surface area (Å²) in [5.41, 5.74) is 0.235. The van der Waals surface area contributed by atoms with Crippen molar-refractivity contribution in [2.24, 2.45) is 0 Å². The lowest BCUT2D eigenvalue weighted by Crippen LogP contribution is -2.06. The summed E-state index contributed by atoms with van der Waals surface area (Å²) in [5, 5.41) is 0.552. The number of nitrogens with zero attached hydrogens (tertiary/aromatic N) is 1. The molecule has 0 aliphatic carbocycles. The van der Waals surface area contributed by atoms with Crippen LogP contribution in [0.15, 0.2) is 54.6 Å². The number of rotatable bonds is 1. The fraction of sp³-hybridized carbons (Fsp3) is 0.0625. The molecule has 0 spiro atoms. The fourth-order valence-corrected chi connectivity index (χ4v) is 2.45. The molecule has 0 unspecified atom stereocenters. The molecule has 3 rings (SSSR count). The van der Waals surface area contributed by atoms with Crippen LogP contribution < -0.4 is 0 Å². The van der Waals surface area contributed by atoms with Crippen LogP contribution in [-0.2, 0) is 6.18 Å². The molecule has 106 valence electrons. The summed E-state index contributed by atoms with van der Waals surface area (Å²) in [6, 6.07) is 14.4. The molecule has 3 aromatic rings. The van der Waals surface area contributed by atoms with Gasteiger partial charge in [-0.3, -0.25) is 0 Å². The van der Waals surface area contributed by atoms with Crippen LogP contribution in [0.4, 0.5) is 13.2 Å². The van der Waals surface area contributed by atoms with Gasteiger partial charge in [0.1, 0.15) is 0 Å². The zero-order valence-electron chi connectivity index (χ0n) is 10.7. The molecule has 21 heavy (non-hydrogen) atoms. The molecule has 1 heterocycles. The topological polar surface area (TPSA) is 12.9 Å². The minimum Gasteiger partial charge on any atom is -0.247 e. The van der Waals surface area contributed by atoms with Crippen molar-refractivity contribution >= 4 is 22.5 Å². The Morgan fingerprint density at radius 2 is 1.62 bits per heavy atom. The van der Waals surface area contributed by atoms with Crippen molar-refractivity contribution in [1.82, 2.24) is 4.98 Å². The van der Waals surface area contributed by atoms with E-state index < -0.39 is 11.7 Å². The third-order valence-corrected chi connectivity index (χ3v) is 3.48. The predicted octanol–water partition coefficient (Wildman–Crippen LogP) is 5.57. The summed E-state index contributed by atoms with van der Waals surface area (Å²) in [4.78, 5) is 4.17. The molecular formula is C16H9ClF3N. The molecule has 5 heteroatoms. The van der Waals surface area contributed by atoms with Crippen LogP contribution in [-0.4, -0.2) is 4.98 Å². The zero-order valence-corrected chi connectivity index (χ0v) is 11.4. The minimum absolute atomic E-state index is 0.128. The Kier molecular flexibility index (Phi) is 3.33. The molecule has 0 bridgehead atoms. The molecule has 0 aliphatic rings. The van der Waals surface area contributed by atoms with E-state index in [1.807, 2.05) is 6.07 Å². The Morgan fingerprint density at radius 1 is 0.905 bits per heavy atom. The first-order valence-corrected chi connectivity index (χ1v) is 6.56.